The molecule has 0 radical (unpaired) electrons. The third-order valence-corrected chi connectivity index (χ3v) is 4.23. The number of piperazine rings is 1. The van der Waals surface area contributed by atoms with Crippen molar-refractivity contribution in [1.29, 1.82) is 0 Å². The third kappa shape index (κ3) is 2.99. The van der Waals surface area contributed by atoms with E-state index in [4.69, 9.17) is 0 Å². The van der Waals surface area contributed by atoms with Crippen LogP contribution in [0.25, 0.3) is 0 Å². The van der Waals surface area contributed by atoms with Gasteiger partial charge >= 0.3 is 0 Å². The molecule has 98 valence electrons. The first-order valence-electron chi connectivity index (χ1n) is 6.96. The summed E-state index contributed by atoms with van der Waals surface area (Å²) in [5, 5.41) is 3.29. The average molecular weight is 239 g/mol. The Balaban J connectivity index is 1.86. The number of nitrogens with zero attached hydrogens (tertiary/aromatic N) is 2. The highest BCUT2D eigenvalue weighted by Crippen LogP contribution is 2.21. The minimum absolute atomic E-state index is 0.0737. The Hall–Kier alpha value is -0.610. The summed E-state index contributed by atoms with van der Waals surface area (Å²) in [6, 6.07) is 0.0737. The molecule has 1 amide bonds. The van der Waals surface area contributed by atoms with Crippen LogP contribution >= 0.6 is 0 Å². The minimum atomic E-state index is 0.0737. The van der Waals surface area contributed by atoms with Gasteiger partial charge in [-0.1, -0.05) is 13.3 Å². The number of carbonyl (C=O) groups is 1. The van der Waals surface area contributed by atoms with Gasteiger partial charge in [0.15, 0.2) is 0 Å². The quantitative estimate of drug-likeness (QED) is 0.781. The fourth-order valence-corrected chi connectivity index (χ4v) is 2.85. The van der Waals surface area contributed by atoms with Gasteiger partial charge in [0.05, 0.1) is 6.04 Å². The van der Waals surface area contributed by atoms with E-state index in [0.29, 0.717) is 5.91 Å². The number of rotatable bonds is 3. The van der Waals surface area contributed by atoms with Gasteiger partial charge in [0.2, 0.25) is 5.91 Å². The third-order valence-electron chi connectivity index (χ3n) is 4.23. The van der Waals surface area contributed by atoms with Crippen LogP contribution in [0.1, 0.15) is 26.7 Å². The first kappa shape index (κ1) is 12.8. The van der Waals surface area contributed by atoms with Gasteiger partial charge in [-0.2, -0.15) is 0 Å². The maximum absolute atomic E-state index is 12.3. The molecule has 0 bridgehead atoms. The molecule has 2 atom stereocenters. The zero-order chi connectivity index (χ0) is 12.3. The molecule has 4 heteroatoms. The van der Waals surface area contributed by atoms with E-state index in [2.05, 4.69) is 24.1 Å². The van der Waals surface area contributed by atoms with Crippen LogP contribution in [0.5, 0.6) is 0 Å². The van der Waals surface area contributed by atoms with Crippen molar-refractivity contribution in [2.45, 2.75) is 32.7 Å². The zero-order valence-corrected chi connectivity index (χ0v) is 11.1. The number of hydrogen-bond donors (Lipinski definition) is 1. The summed E-state index contributed by atoms with van der Waals surface area (Å²) in [6.07, 6.45) is 2.50. The molecule has 0 aromatic heterocycles. The summed E-state index contributed by atoms with van der Waals surface area (Å²) in [6.45, 7) is 10.1. The van der Waals surface area contributed by atoms with Gasteiger partial charge in [0.25, 0.3) is 0 Å². The van der Waals surface area contributed by atoms with Crippen molar-refractivity contribution in [2.24, 2.45) is 5.92 Å². The smallest absolute Gasteiger partial charge is 0.239 e. The maximum atomic E-state index is 12.3. The van der Waals surface area contributed by atoms with Crippen LogP contribution in [0.3, 0.4) is 0 Å². The molecule has 0 saturated carbocycles. The molecule has 4 nitrogen and oxygen atoms in total. The Bertz CT molecular complexity index is 263. The normalized spacial score (nSPS) is 28.4. The Labute approximate surface area is 104 Å². The lowest BCUT2D eigenvalue weighted by Crippen LogP contribution is -2.52. The second-order valence-corrected chi connectivity index (χ2v) is 5.31. The number of amides is 1. The van der Waals surface area contributed by atoms with E-state index in [1.165, 1.54) is 12.8 Å². The number of hydrogen-bond acceptors (Lipinski definition) is 3. The first-order valence-corrected chi connectivity index (χ1v) is 6.96. The van der Waals surface area contributed by atoms with Crippen molar-refractivity contribution in [2.75, 3.05) is 39.3 Å². The molecule has 2 rings (SSSR count). The first-order chi connectivity index (χ1) is 8.22. The highest BCUT2D eigenvalue weighted by molar-refractivity contribution is 5.81. The van der Waals surface area contributed by atoms with E-state index in [1.54, 1.807) is 0 Å². The van der Waals surface area contributed by atoms with Crippen molar-refractivity contribution in [3.63, 3.8) is 0 Å². The molecule has 2 heterocycles. The van der Waals surface area contributed by atoms with Crippen LogP contribution < -0.4 is 5.32 Å². The average Bonchev–Trinajstić information content (AvgIpc) is 2.87. The summed E-state index contributed by atoms with van der Waals surface area (Å²) < 4.78 is 0. The van der Waals surface area contributed by atoms with Crippen molar-refractivity contribution in [3.05, 3.63) is 0 Å². The molecule has 2 unspecified atom stereocenters. The van der Waals surface area contributed by atoms with Crippen LogP contribution in [-0.2, 0) is 4.79 Å². The van der Waals surface area contributed by atoms with Crippen LogP contribution in [0, 0.1) is 5.92 Å². The standard InChI is InChI=1S/C13H25N3O/c1-3-12-4-7-16(10-12)11(2)13(17)15-8-5-14-6-9-15/h11-12,14H,3-10H2,1-2H3. The van der Waals surface area contributed by atoms with Crippen LogP contribution in [0.2, 0.25) is 0 Å². The van der Waals surface area contributed by atoms with E-state index in [9.17, 15) is 4.79 Å². The fourth-order valence-electron chi connectivity index (χ4n) is 2.85. The van der Waals surface area contributed by atoms with Gasteiger partial charge in [-0.05, 0) is 25.8 Å². The SMILES string of the molecule is CCC1CCN(C(C)C(=O)N2CCNCC2)C1. The summed E-state index contributed by atoms with van der Waals surface area (Å²) in [5.74, 6) is 1.12. The van der Waals surface area contributed by atoms with E-state index in [-0.39, 0.29) is 6.04 Å². The lowest BCUT2D eigenvalue weighted by Gasteiger charge is -2.33. The zero-order valence-electron chi connectivity index (χ0n) is 11.1. The van der Waals surface area contributed by atoms with Crippen molar-refractivity contribution >= 4 is 5.91 Å². The van der Waals surface area contributed by atoms with Crippen molar-refractivity contribution in [1.82, 2.24) is 15.1 Å². The largest absolute Gasteiger partial charge is 0.339 e. The second kappa shape index (κ2) is 5.83. The van der Waals surface area contributed by atoms with E-state index in [1.807, 2.05) is 4.90 Å². The van der Waals surface area contributed by atoms with Crippen LogP contribution in [0.4, 0.5) is 0 Å². The van der Waals surface area contributed by atoms with Crippen LogP contribution in [0.15, 0.2) is 0 Å². The van der Waals surface area contributed by atoms with Gasteiger partial charge in [0.1, 0.15) is 0 Å². The molecular weight excluding hydrogens is 214 g/mol. The molecule has 17 heavy (non-hydrogen) atoms. The lowest BCUT2D eigenvalue weighted by atomic mass is 10.1. The lowest BCUT2D eigenvalue weighted by molar-refractivity contribution is -0.136. The molecule has 2 saturated heterocycles. The number of likely N-dealkylation sites (tertiary alicyclic amines) is 1. The highest BCUT2D eigenvalue weighted by Gasteiger charge is 2.31. The fraction of sp³-hybridized carbons (Fsp3) is 0.923. The predicted molar refractivity (Wildman–Crippen MR) is 68.9 cm³/mol. The van der Waals surface area contributed by atoms with E-state index < -0.39 is 0 Å². The topological polar surface area (TPSA) is 35.6 Å². The van der Waals surface area contributed by atoms with E-state index >= 15 is 0 Å². The van der Waals surface area contributed by atoms with Gasteiger partial charge in [-0.3, -0.25) is 9.69 Å². The molecule has 2 aliphatic heterocycles. The van der Waals surface area contributed by atoms with Crippen molar-refractivity contribution in [3.8, 4) is 0 Å². The van der Waals surface area contributed by atoms with Gasteiger partial charge in [-0.15, -0.1) is 0 Å². The maximum Gasteiger partial charge on any atom is 0.239 e. The predicted octanol–water partition coefficient (Wildman–Crippen LogP) is 0.539. The molecule has 1 N–H and O–H groups in total. The highest BCUT2D eigenvalue weighted by atomic mass is 16.2. The Morgan fingerprint density at radius 2 is 2.06 bits per heavy atom. The Morgan fingerprint density at radius 3 is 2.65 bits per heavy atom. The summed E-state index contributed by atoms with van der Waals surface area (Å²) in [4.78, 5) is 16.7. The summed E-state index contributed by atoms with van der Waals surface area (Å²) in [7, 11) is 0. The molecule has 0 aromatic carbocycles. The van der Waals surface area contributed by atoms with E-state index in [0.717, 1.165) is 45.2 Å². The Morgan fingerprint density at radius 1 is 1.35 bits per heavy atom. The minimum Gasteiger partial charge on any atom is -0.339 e. The number of nitrogens with one attached hydrogen (secondary N) is 1. The van der Waals surface area contributed by atoms with Gasteiger partial charge in [0, 0.05) is 32.7 Å². The summed E-state index contributed by atoms with van der Waals surface area (Å²) in [5.41, 5.74) is 0. The van der Waals surface area contributed by atoms with Gasteiger partial charge in [-0.25, -0.2) is 0 Å². The molecule has 0 spiro atoms. The van der Waals surface area contributed by atoms with Crippen LogP contribution in [-0.4, -0.2) is 61.0 Å². The molecule has 2 aliphatic rings. The van der Waals surface area contributed by atoms with Crippen molar-refractivity contribution < 1.29 is 4.79 Å². The Kier molecular flexibility index (Phi) is 4.40. The molecule has 0 aliphatic carbocycles. The summed E-state index contributed by atoms with van der Waals surface area (Å²) >= 11 is 0. The molecule has 2 fully saturated rings. The monoisotopic (exact) mass is 239 g/mol. The molecular formula is C13H25N3O. The van der Waals surface area contributed by atoms with Gasteiger partial charge < -0.3 is 10.2 Å². The molecule has 0 aromatic rings. The number of carbonyl (C=O) groups excluding carboxylic acids is 1. The second-order valence-electron chi connectivity index (χ2n) is 5.31.